The van der Waals surface area contributed by atoms with Crippen LogP contribution in [-0.4, -0.2) is 39.2 Å². The minimum Gasteiger partial charge on any atom is -0.444 e. The Bertz CT molecular complexity index is 936. The number of nitrogens with zero attached hydrogens (tertiary/aromatic N) is 4. The highest BCUT2D eigenvalue weighted by atomic mass is 16.6. The van der Waals surface area contributed by atoms with Crippen molar-refractivity contribution in [3.8, 4) is 6.07 Å². The van der Waals surface area contributed by atoms with Gasteiger partial charge in [0, 0.05) is 13.1 Å². The largest absolute Gasteiger partial charge is 0.444 e. The monoisotopic (exact) mass is 354 g/mol. The van der Waals surface area contributed by atoms with Gasteiger partial charge in [0.15, 0.2) is 0 Å². The SMILES string of the molecule is CC(C)(C)OC(=O)N1CCCC(n2cnc3cc(C#N)ccc3c2=O)C1. The van der Waals surface area contributed by atoms with Gasteiger partial charge in [0.05, 0.1) is 34.9 Å². The second-order valence-electron chi connectivity index (χ2n) is 7.52. The molecule has 0 radical (unpaired) electrons. The highest BCUT2D eigenvalue weighted by molar-refractivity contribution is 5.78. The molecule has 1 unspecified atom stereocenters. The number of nitriles is 1. The van der Waals surface area contributed by atoms with Crippen LogP contribution in [0.25, 0.3) is 10.9 Å². The molecule has 0 bridgehead atoms. The lowest BCUT2D eigenvalue weighted by Crippen LogP contribution is -2.45. The molecule has 26 heavy (non-hydrogen) atoms. The van der Waals surface area contributed by atoms with Crippen LogP contribution in [0.15, 0.2) is 29.3 Å². The number of aromatic nitrogens is 2. The average Bonchev–Trinajstić information content (AvgIpc) is 2.60. The normalized spacial score (nSPS) is 17.8. The highest BCUT2D eigenvalue weighted by Crippen LogP contribution is 2.22. The number of fused-ring (bicyclic) bond motifs is 1. The van der Waals surface area contributed by atoms with Crippen molar-refractivity contribution in [2.75, 3.05) is 13.1 Å². The molecule has 1 saturated heterocycles. The van der Waals surface area contributed by atoms with Crippen LogP contribution in [-0.2, 0) is 4.74 Å². The molecule has 0 saturated carbocycles. The molecule has 0 N–H and O–H groups in total. The first kappa shape index (κ1) is 17.9. The molecular formula is C19H22N4O3. The van der Waals surface area contributed by atoms with Crippen LogP contribution in [0, 0.1) is 11.3 Å². The Morgan fingerprint density at radius 1 is 1.38 bits per heavy atom. The van der Waals surface area contributed by atoms with Crippen LogP contribution < -0.4 is 5.56 Å². The Morgan fingerprint density at radius 2 is 2.15 bits per heavy atom. The van der Waals surface area contributed by atoms with Crippen LogP contribution in [0.3, 0.4) is 0 Å². The standard InChI is InChI=1S/C19H22N4O3/c1-19(2,3)26-18(25)22-8-4-5-14(11-22)23-12-21-16-9-13(10-20)6-7-15(16)17(23)24/h6-7,9,12,14H,4-5,8,11H2,1-3H3. The molecule has 2 aromatic rings. The number of amides is 1. The molecule has 136 valence electrons. The summed E-state index contributed by atoms with van der Waals surface area (Å²) in [4.78, 5) is 31.1. The van der Waals surface area contributed by atoms with Crippen LogP contribution in [0.4, 0.5) is 4.79 Å². The fourth-order valence-electron chi connectivity index (χ4n) is 3.14. The molecule has 7 nitrogen and oxygen atoms in total. The third-order valence-corrected chi connectivity index (χ3v) is 4.35. The van der Waals surface area contributed by atoms with Crippen molar-refractivity contribution in [2.45, 2.75) is 45.3 Å². The number of hydrogen-bond acceptors (Lipinski definition) is 5. The van der Waals surface area contributed by atoms with Crippen LogP contribution >= 0.6 is 0 Å². The predicted molar refractivity (Wildman–Crippen MR) is 96.8 cm³/mol. The number of likely N-dealkylation sites (tertiary alicyclic amines) is 1. The van der Waals surface area contributed by atoms with E-state index in [0.717, 1.165) is 12.8 Å². The molecule has 1 aliphatic heterocycles. The lowest BCUT2D eigenvalue weighted by atomic mass is 10.1. The third kappa shape index (κ3) is 3.69. The third-order valence-electron chi connectivity index (χ3n) is 4.35. The van der Waals surface area contributed by atoms with Gasteiger partial charge in [0.25, 0.3) is 5.56 Å². The van der Waals surface area contributed by atoms with Gasteiger partial charge in [0.2, 0.25) is 0 Å². The van der Waals surface area contributed by atoms with E-state index in [9.17, 15) is 9.59 Å². The van der Waals surface area contributed by atoms with E-state index in [1.165, 1.54) is 6.33 Å². The summed E-state index contributed by atoms with van der Waals surface area (Å²) in [6.07, 6.45) is 2.74. The molecule has 0 spiro atoms. The van der Waals surface area contributed by atoms with E-state index in [0.29, 0.717) is 29.6 Å². The maximum Gasteiger partial charge on any atom is 0.410 e. The predicted octanol–water partition coefficient (Wildman–Crippen LogP) is 2.84. The first-order chi connectivity index (χ1) is 12.3. The zero-order valence-electron chi connectivity index (χ0n) is 15.2. The molecular weight excluding hydrogens is 332 g/mol. The van der Waals surface area contributed by atoms with Crippen molar-refractivity contribution in [2.24, 2.45) is 0 Å². The number of rotatable bonds is 1. The quantitative estimate of drug-likeness (QED) is 0.786. The highest BCUT2D eigenvalue weighted by Gasteiger charge is 2.29. The number of piperidine rings is 1. The lowest BCUT2D eigenvalue weighted by molar-refractivity contribution is 0.0171. The molecule has 1 aromatic carbocycles. The summed E-state index contributed by atoms with van der Waals surface area (Å²) in [6.45, 7) is 6.53. The number of carbonyl (C=O) groups is 1. The van der Waals surface area contributed by atoms with Crippen molar-refractivity contribution in [3.63, 3.8) is 0 Å². The van der Waals surface area contributed by atoms with Crippen LogP contribution in [0.5, 0.6) is 0 Å². The summed E-state index contributed by atoms with van der Waals surface area (Å²) in [5.41, 5.74) is 0.264. The van der Waals surface area contributed by atoms with Crippen LogP contribution in [0.1, 0.15) is 45.2 Å². The number of carbonyl (C=O) groups excluding carboxylic acids is 1. The fraction of sp³-hybridized carbons (Fsp3) is 0.474. The Morgan fingerprint density at radius 3 is 2.85 bits per heavy atom. The summed E-state index contributed by atoms with van der Waals surface area (Å²) in [6, 6.07) is 6.76. The molecule has 1 fully saturated rings. The van der Waals surface area contributed by atoms with E-state index < -0.39 is 5.60 Å². The van der Waals surface area contributed by atoms with Crippen molar-refractivity contribution >= 4 is 17.0 Å². The zero-order valence-corrected chi connectivity index (χ0v) is 15.2. The van der Waals surface area contributed by atoms with E-state index in [-0.39, 0.29) is 17.7 Å². The van der Waals surface area contributed by atoms with Gasteiger partial charge in [-0.2, -0.15) is 5.26 Å². The molecule has 1 aliphatic rings. The lowest BCUT2D eigenvalue weighted by Gasteiger charge is -2.34. The van der Waals surface area contributed by atoms with E-state index >= 15 is 0 Å². The number of hydrogen-bond donors (Lipinski definition) is 0. The van der Waals surface area contributed by atoms with Crippen LogP contribution in [0.2, 0.25) is 0 Å². The summed E-state index contributed by atoms with van der Waals surface area (Å²) in [5, 5.41) is 9.45. The Balaban J connectivity index is 1.87. The zero-order chi connectivity index (χ0) is 18.9. The van der Waals surface area contributed by atoms with Gasteiger partial charge in [-0.1, -0.05) is 0 Å². The van der Waals surface area contributed by atoms with E-state index in [4.69, 9.17) is 10.00 Å². The van der Waals surface area contributed by atoms with E-state index in [1.807, 2.05) is 26.8 Å². The van der Waals surface area contributed by atoms with Crippen molar-refractivity contribution in [1.82, 2.24) is 14.5 Å². The molecule has 1 aromatic heterocycles. The average molecular weight is 354 g/mol. The topological polar surface area (TPSA) is 88.2 Å². The molecule has 3 rings (SSSR count). The van der Waals surface area contributed by atoms with E-state index in [1.54, 1.807) is 27.7 Å². The van der Waals surface area contributed by atoms with Gasteiger partial charge >= 0.3 is 6.09 Å². The van der Waals surface area contributed by atoms with Gasteiger partial charge in [-0.15, -0.1) is 0 Å². The van der Waals surface area contributed by atoms with Gasteiger partial charge in [-0.3, -0.25) is 9.36 Å². The number of benzene rings is 1. The van der Waals surface area contributed by atoms with Gasteiger partial charge < -0.3 is 9.64 Å². The molecule has 1 amide bonds. The maximum absolute atomic E-state index is 12.8. The summed E-state index contributed by atoms with van der Waals surface area (Å²) >= 11 is 0. The minimum atomic E-state index is -0.552. The molecule has 7 heteroatoms. The fourth-order valence-corrected chi connectivity index (χ4v) is 3.14. The van der Waals surface area contributed by atoms with Gasteiger partial charge in [0.1, 0.15) is 5.60 Å². The van der Waals surface area contributed by atoms with Crippen molar-refractivity contribution < 1.29 is 9.53 Å². The van der Waals surface area contributed by atoms with E-state index in [2.05, 4.69) is 4.98 Å². The Hall–Kier alpha value is -2.88. The second kappa shape index (κ2) is 6.79. The summed E-state index contributed by atoms with van der Waals surface area (Å²) in [5.74, 6) is 0. The summed E-state index contributed by atoms with van der Waals surface area (Å²) < 4.78 is 7.03. The van der Waals surface area contributed by atoms with Gasteiger partial charge in [-0.25, -0.2) is 9.78 Å². The molecule has 0 aliphatic carbocycles. The maximum atomic E-state index is 12.8. The van der Waals surface area contributed by atoms with Gasteiger partial charge in [-0.05, 0) is 51.8 Å². The molecule has 2 heterocycles. The molecule has 1 atom stereocenters. The summed E-state index contributed by atoms with van der Waals surface area (Å²) in [7, 11) is 0. The Labute approximate surface area is 151 Å². The van der Waals surface area contributed by atoms with Crippen molar-refractivity contribution in [3.05, 3.63) is 40.4 Å². The minimum absolute atomic E-state index is 0.142. The Kier molecular flexibility index (Phi) is 4.68. The smallest absolute Gasteiger partial charge is 0.410 e. The second-order valence-corrected chi connectivity index (χ2v) is 7.52. The first-order valence-electron chi connectivity index (χ1n) is 8.67. The van der Waals surface area contributed by atoms with Crippen molar-refractivity contribution in [1.29, 1.82) is 5.26 Å². The first-order valence-corrected chi connectivity index (χ1v) is 8.67. The number of ether oxygens (including phenoxy) is 1.